The maximum absolute atomic E-state index is 14.1. The molecule has 0 amide bonds. The molecular weight excluding hydrogens is 1580 g/mol. The van der Waals surface area contributed by atoms with Crippen molar-refractivity contribution in [2.24, 2.45) is 70.4 Å². The van der Waals surface area contributed by atoms with Gasteiger partial charge in [0.25, 0.3) is 0 Å². The summed E-state index contributed by atoms with van der Waals surface area (Å²) in [6.07, 6.45) is 0.0667. The van der Waals surface area contributed by atoms with Crippen molar-refractivity contribution < 1.29 is 210 Å². The molecule has 0 aliphatic heterocycles. The molecule has 0 heterocycles. The van der Waals surface area contributed by atoms with E-state index < -0.39 is 373 Å². The quantitative estimate of drug-likeness (QED) is 0.0153. The van der Waals surface area contributed by atoms with Gasteiger partial charge in [-0.3, -0.25) is 57.5 Å². The lowest BCUT2D eigenvalue weighted by Gasteiger charge is -2.33. The van der Waals surface area contributed by atoms with Crippen molar-refractivity contribution in [3.05, 3.63) is 0 Å². The van der Waals surface area contributed by atoms with Crippen molar-refractivity contribution in [2.45, 2.75) is 96.4 Å². The summed E-state index contributed by atoms with van der Waals surface area (Å²) < 4.78 is 89.1. The van der Waals surface area contributed by atoms with Crippen molar-refractivity contribution in [2.75, 3.05) is 231 Å². The van der Waals surface area contributed by atoms with E-state index in [2.05, 4.69) is 0 Å². The lowest BCUT2D eigenvalue weighted by atomic mass is 9.88. The van der Waals surface area contributed by atoms with Crippen LogP contribution in [0.4, 0.5) is 0 Å². The molecule has 0 aliphatic carbocycles. The predicted octanol–water partition coefficient (Wildman–Crippen LogP) is -6.07. The first-order valence-corrected chi connectivity index (χ1v) is 37.0. The van der Waals surface area contributed by atoms with Gasteiger partial charge in [-0.2, -0.15) is 0 Å². The number of esters is 12. The zero-order valence-electron chi connectivity index (χ0n) is 69.1. The number of carbonyl (C=O) groups is 12. The van der Waals surface area contributed by atoms with Gasteiger partial charge < -0.3 is 152 Å². The van der Waals surface area contributed by atoms with Crippen LogP contribution in [-0.2, 0) is 133 Å². The van der Waals surface area contributed by atoms with E-state index in [1.807, 2.05) is 0 Å². The summed E-state index contributed by atoms with van der Waals surface area (Å²) in [6, 6.07) is 0. The fourth-order valence-corrected chi connectivity index (χ4v) is 8.28. The summed E-state index contributed by atoms with van der Waals surface area (Å²) in [7, 11) is 0. The molecule has 2 atom stereocenters. The number of hydrogen-bond donors (Lipinski definition) is 15. The van der Waals surface area contributed by atoms with Crippen LogP contribution in [0.25, 0.3) is 0 Å². The topological polar surface area (TPSA) is 656 Å². The number of rotatable bonds is 64. The SMILES string of the molecule is CCC(C)(CO)C(=O)OCC(C)(COC(=O)C(C)(CO)CO)C(=O)OCCOCC(COCCOC(=O)C(C)(COC(=O)C(C)(CO)CO)COC(=O)C(C)(CO)CO)(COCCOC(=O)C(C)(COC(=O)C(C)(CO)CO)COC(=O)C(C)(CO)CO)COCCOC(=O)C(C)(COC(=O)C(C)(CO)CO)COC(=O)C(C)(CO)CO. The minimum absolute atomic E-state index is 0.0667. The lowest BCUT2D eigenvalue weighted by molar-refractivity contribution is -0.182. The standard InChI is InChI=1S/C74H126O43/c1-14-62(2,23-75)50(90)110-38-70(10,39-111-51(91)63(3,24-76)25-77)58(98)106-19-15-102-46-74(47-103-16-20-107-59(99)71(11,40-112-52(92)64(4,26-78)27-79)41-113-53(93)65(5,28-80)29-81,48-104-17-21-108-60(100)72(12,42-114-54(94)66(6,30-82)31-83)43-115-55(95)67(7,32-84)33-85)49-105-18-22-109-61(101)73(13,44-116-56(96)68(8,34-86)35-87)45-117-57(97)69(9,36-88)37-89/h75-89H,14-49H2,1-13H3. The normalized spacial score (nSPS) is 13.8. The molecule has 0 bridgehead atoms. The molecular formula is C74H126O43. The van der Waals surface area contributed by atoms with E-state index in [1.54, 1.807) is 6.92 Å². The second kappa shape index (κ2) is 50.2. The van der Waals surface area contributed by atoms with Crippen LogP contribution in [0.1, 0.15) is 96.4 Å². The van der Waals surface area contributed by atoms with Gasteiger partial charge in [0.05, 0.1) is 163 Å². The molecule has 0 fully saturated rings. The summed E-state index contributed by atoms with van der Waals surface area (Å²) in [6.45, 7) is -13.3. The first-order chi connectivity index (χ1) is 54.5. The van der Waals surface area contributed by atoms with Crippen LogP contribution in [0.2, 0.25) is 0 Å². The van der Waals surface area contributed by atoms with E-state index >= 15 is 0 Å². The Morgan fingerprint density at radius 3 is 0.410 bits per heavy atom. The Hall–Kier alpha value is -7.12. The van der Waals surface area contributed by atoms with Gasteiger partial charge in [0.2, 0.25) is 0 Å². The minimum atomic E-state index is -2.13. The minimum Gasteiger partial charge on any atom is -0.464 e. The summed E-state index contributed by atoms with van der Waals surface area (Å²) in [5, 5.41) is 148. The van der Waals surface area contributed by atoms with Gasteiger partial charge in [-0.25, -0.2) is 0 Å². The third kappa shape index (κ3) is 32.1. The maximum Gasteiger partial charge on any atom is 0.318 e. The summed E-state index contributed by atoms with van der Waals surface area (Å²) in [4.78, 5) is 162. The average Bonchev–Trinajstić information content (AvgIpc) is 0.833. The van der Waals surface area contributed by atoms with Gasteiger partial charge in [-0.15, -0.1) is 0 Å². The molecule has 0 aromatic carbocycles. The third-order valence-electron chi connectivity index (χ3n) is 19.6. The molecule has 0 saturated carbocycles. The molecule has 0 aromatic heterocycles. The highest BCUT2D eigenvalue weighted by Crippen LogP contribution is 2.33. The first-order valence-electron chi connectivity index (χ1n) is 37.0. The number of ether oxygens (including phenoxy) is 16. The van der Waals surface area contributed by atoms with Crippen molar-refractivity contribution in [3.63, 3.8) is 0 Å². The molecule has 0 radical (unpaired) electrons. The van der Waals surface area contributed by atoms with Gasteiger partial charge in [0, 0.05) is 0 Å². The zero-order valence-corrected chi connectivity index (χ0v) is 69.1. The van der Waals surface area contributed by atoms with Crippen molar-refractivity contribution in [1.82, 2.24) is 0 Å². The molecule has 15 N–H and O–H groups in total. The Balaban J connectivity index is 8.18. The third-order valence-corrected chi connectivity index (χ3v) is 19.6. The molecule has 0 spiro atoms. The monoisotopic (exact) mass is 1700 g/mol. The molecule has 680 valence electrons. The second-order valence-electron chi connectivity index (χ2n) is 32.3. The molecule has 0 aromatic rings. The van der Waals surface area contributed by atoms with Crippen molar-refractivity contribution in [1.29, 1.82) is 0 Å². The highest BCUT2D eigenvalue weighted by molar-refractivity contribution is 5.84. The molecule has 117 heavy (non-hydrogen) atoms. The first kappa shape index (κ1) is 110. The summed E-state index contributed by atoms with van der Waals surface area (Å²) in [5.41, 5.74) is -25.0. The average molecular weight is 1700 g/mol. The Morgan fingerprint density at radius 1 is 0.171 bits per heavy atom. The summed E-state index contributed by atoms with van der Waals surface area (Å²) >= 11 is 0. The van der Waals surface area contributed by atoms with E-state index in [0.29, 0.717) is 0 Å². The Bertz CT molecular complexity index is 2560. The molecule has 0 saturated heterocycles. The summed E-state index contributed by atoms with van der Waals surface area (Å²) in [5.74, 6) is -14.3. The van der Waals surface area contributed by atoms with Crippen molar-refractivity contribution >= 4 is 71.6 Å². The molecule has 0 rings (SSSR count). The number of aliphatic hydroxyl groups excluding tert-OH is 15. The fraction of sp³-hybridized carbons (Fsp3) is 0.838. The predicted molar refractivity (Wildman–Crippen MR) is 391 cm³/mol. The largest absolute Gasteiger partial charge is 0.464 e. The number of hydrogen-bond acceptors (Lipinski definition) is 43. The molecule has 2 unspecified atom stereocenters. The lowest BCUT2D eigenvalue weighted by Crippen LogP contribution is -2.46. The van der Waals surface area contributed by atoms with E-state index in [0.717, 1.165) is 69.2 Å². The van der Waals surface area contributed by atoms with Crippen molar-refractivity contribution in [3.8, 4) is 0 Å². The van der Waals surface area contributed by atoms with Crippen LogP contribution < -0.4 is 0 Å². The van der Waals surface area contributed by atoms with E-state index in [4.69, 9.17) is 75.8 Å². The van der Waals surface area contributed by atoms with Gasteiger partial charge in [0.15, 0.2) is 0 Å². The number of carbonyl (C=O) groups excluding carboxylic acids is 12. The number of aliphatic hydroxyl groups is 15. The Labute approximate surface area is 677 Å². The van der Waals surface area contributed by atoms with Crippen LogP contribution in [0, 0.1) is 70.4 Å². The maximum atomic E-state index is 14.1. The highest BCUT2D eigenvalue weighted by Gasteiger charge is 2.49. The Kier molecular flexibility index (Phi) is 47.1. The molecule has 43 heteroatoms. The van der Waals surface area contributed by atoms with Crippen LogP contribution in [0.3, 0.4) is 0 Å². The van der Waals surface area contributed by atoms with E-state index in [-0.39, 0.29) is 6.42 Å². The van der Waals surface area contributed by atoms with Crippen LogP contribution in [-0.4, -0.2) is 379 Å². The van der Waals surface area contributed by atoms with Gasteiger partial charge in [-0.05, 0) is 89.5 Å². The smallest absolute Gasteiger partial charge is 0.318 e. The van der Waals surface area contributed by atoms with Gasteiger partial charge >= 0.3 is 71.6 Å². The second-order valence-corrected chi connectivity index (χ2v) is 32.3. The van der Waals surface area contributed by atoms with E-state index in [9.17, 15) is 134 Å². The zero-order chi connectivity index (χ0) is 90.2. The van der Waals surface area contributed by atoms with E-state index in [1.165, 1.54) is 13.8 Å². The van der Waals surface area contributed by atoms with Gasteiger partial charge in [0.1, 0.15) is 139 Å². The molecule has 43 nitrogen and oxygen atoms in total. The van der Waals surface area contributed by atoms with Crippen LogP contribution in [0.15, 0.2) is 0 Å². The molecule has 0 aliphatic rings. The van der Waals surface area contributed by atoms with Crippen LogP contribution in [0.5, 0.6) is 0 Å². The Morgan fingerprint density at radius 2 is 0.291 bits per heavy atom. The van der Waals surface area contributed by atoms with Crippen LogP contribution >= 0.6 is 0 Å². The van der Waals surface area contributed by atoms with Gasteiger partial charge in [-0.1, -0.05) is 6.92 Å². The highest BCUT2D eigenvalue weighted by atomic mass is 16.6. The fourth-order valence-electron chi connectivity index (χ4n) is 8.28.